The summed E-state index contributed by atoms with van der Waals surface area (Å²) >= 11 is 3.49. The van der Waals surface area contributed by atoms with E-state index in [-0.39, 0.29) is 0 Å². The number of pyridine rings is 1. The number of halogens is 1. The molecule has 0 bridgehead atoms. The highest BCUT2D eigenvalue weighted by Gasteiger charge is 2.03. The number of aromatic nitrogens is 1. The van der Waals surface area contributed by atoms with Crippen LogP contribution in [0.2, 0.25) is 0 Å². The predicted octanol–water partition coefficient (Wildman–Crippen LogP) is 3.48. The van der Waals surface area contributed by atoms with E-state index in [1.165, 1.54) is 0 Å². The SMILES string of the molecule is Cc1c(Br)cccc1Nc1ccncc1N. The summed E-state index contributed by atoms with van der Waals surface area (Å²) in [5.74, 6) is 0. The van der Waals surface area contributed by atoms with Gasteiger partial charge in [-0.15, -0.1) is 0 Å². The van der Waals surface area contributed by atoms with Gasteiger partial charge in [0, 0.05) is 16.4 Å². The second kappa shape index (κ2) is 4.53. The highest BCUT2D eigenvalue weighted by Crippen LogP contribution is 2.28. The number of nitrogens with zero attached hydrogens (tertiary/aromatic N) is 1. The molecule has 0 saturated carbocycles. The lowest BCUT2D eigenvalue weighted by atomic mass is 10.2. The van der Waals surface area contributed by atoms with Crippen LogP contribution >= 0.6 is 15.9 Å². The van der Waals surface area contributed by atoms with Gasteiger partial charge in [-0.2, -0.15) is 0 Å². The Morgan fingerprint density at radius 3 is 2.81 bits per heavy atom. The Kier molecular flexibility index (Phi) is 3.10. The lowest BCUT2D eigenvalue weighted by molar-refractivity contribution is 1.32. The van der Waals surface area contributed by atoms with Crippen LogP contribution in [0.5, 0.6) is 0 Å². The van der Waals surface area contributed by atoms with Crippen molar-refractivity contribution in [1.29, 1.82) is 0 Å². The minimum absolute atomic E-state index is 0.641. The largest absolute Gasteiger partial charge is 0.396 e. The van der Waals surface area contributed by atoms with Crippen LogP contribution in [0.3, 0.4) is 0 Å². The van der Waals surface area contributed by atoms with Crippen molar-refractivity contribution >= 4 is 33.0 Å². The zero-order chi connectivity index (χ0) is 11.5. The van der Waals surface area contributed by atoms with E-state index in [9.17, 15) is 0 Å². The molecule has 0 saturated heterocycles. The molecule has 0 spiro atoms. The van der Waals surface area contributed by atoms with Crippen molar-refractivity contribution in [1.82, 2.24) is 4.98 Å². The Morgan fingerprint density at radius 1 is 1.25 bits per heavy atom. The summed E-state index contributed by atoms with van der Waals surface area (Å²) in [5, 5.41) is 3.29. The van der Waals surface area contributed by atoms with Crippen molar-refractivity contribution in [3.63, 3.8) is 0 Å². The highest BCUT2D eigenvalue weighted by atomic mass is 79.9. The van der Waals surface area contributed by atoms with Crippen LogP contribution in [0.1, 0.15) is 5.56 Å². The first-order chi connectivity index (χ1) is 7.68. The van der Waals surface area contributed by atoms with E-state index in [4.69, 9.17) is 5.73 Å². The molecule has 1 heterocycles. The first-order valence-electron chi connectivity index (χ1n) is 4.90. The lowest BCUT2D eigenvalue weighted by Gasteiger charge is -2.12. The van der Waals surface area contributed by atoms with Crippen molar-refractivity contribution in [2.75, 3.05) is 11.1 Å². The molecule has 3 nitrogen and oxygen atoms in total. The number of hydrogen-bond donors (Lipinski definition) is 2. The number of nitrogen functional groups attached to an aromatic ring is 1. The Hall–Kier alpha value is -1.55. The average Bonchev–Trinajstić information content (AvgIpc) is 2.28. The number of benzene rings is 1. The number of rotatable bonds is 2. The summed E-state index contributed by atoms with van der Waals surface area (Å²) < 4.78 is 1.07. The normalized spacial score (nSPS) is 10.1. The zero-order valence-corrected chi connectivity index (χ0v) is 10.5. The Labute approximate surface area is 103 Å². The van der Waals surface area contributed by atoms with Crippen molar-refractivity contribution in [3.05, 3.63) is 46.7 Å². The minimum atomic E-state index is 0.641. The fraction of sp³-hybridized carbons (Fsp3) is 0.0833. The maximum absolute atomic E-state index is 5.82. The molecule has 0 aliphatic heterocycles. The summed E-state index contributed by atoms with van der Waals surface area (Å²) in [6, 6.07) is 7.86. The monoisotopic (exact) mass is 277 g/mol. The van der Waals surface area contributed by atoms with Crippen LogP contribution in [-0.2, 0) is 0 Å². The molecular formula is C12H12BrN3. The quantitative estimate of drug-likeness (QED) is 0.884. The third-order valence-electron chi connectivity index (χ3n) is 2.39. The van der Waals surface area contributed by atoms with Crippen molar-refractivity contribution in [2.24, 2.45) is 0 Å². The molecular weight excluding hydrogens is 266 g/mol. The third-order valence-corrected chi connectivity index (χ3v) is 3.25. The molecule has 0 atom stereocenters. The number of hydrogen-bond acceptors (Lipinski definition) is 3. The molecule has 0 fully saturated rings. The second-order valence-corrected chi connectivity index (χ2v) is 4.35. The first kappa shape index (κ1) is 11.0. The highest BCUT2D eigenvalue weighted by molar-refractivity contribution is 9.10. The van der Waals surface area contributed by atoms with Gasteiger partial charge in [0.15, 0.2) is 0 Å². The van der Waals surface area contributed by atoms with Crippen LogP contribution in [0.15, 0.2) is 41.1 Å². The summed E-state index contributed by atoms with van der Waals surface area (Å²) in [4.78, 5) is 3.95. The van der Waals surface area contributed by atoms with Gasteiger partial charge in [0.2, 0.25) is 0 Å². The zero-order valence-electron chi connectivity index (χ0n) is 8.87. The second-order valence-electron chi connectivity index (χ2n) is 3.50. The molecule has 0 aliphatic carbocycles. The topological polar surface area (TPSA) is 50.9 Å². The first-order valence-corrected chi connectivity index (χ1v) is 5.69. The van der Waals surface area contributed by atoms with Gasteiger partial charge >= 0.3 is 0 Å². The molecule has 1 aromatic heterocycles. The lowest BCUT2D eigenvalue weighted by Crippen LogP contribution is -1.98. The Morgan fingerprint density at radius 2 is 2.06 bits per heavy atom. The average molecular weight is 278 g/mol. The molecule has 4 heteroatoms. The van der Waals surface area contributed by atoms with E-state index in [0.29, 0.717) is 5.69 Å². The standard InChI is InChI=1S/C12H12BrN3/c1-8-9(13)3-2-4-11(8)16-12-5-6-15-7-10(12)14/h2-7H,14H2,1H3,(H,15,16). The van der Waals surface area contributed by atoms with Crippen molar-refractivity contribution in [2.45, 2.75) is 6.92 Å². The summed E-state index contributed by atoms with van der Waals surface area (Å²) in [6.45, 7) is 2.05. The van der Waals surface area contributed by atoms with Gasteiger partial charge in [-0.05, 0) is 30.7 Å². The van der Waals surface area contributed by atoms with Gasteiger partial charge < -0.3 is 11.1 Å². The van der Waals surface area contributed by atoms with E-state index >= 15 is 0 Å². The Bertz CT molecular complexity index is 511. The molecule has 16 heavy (non-hydrogen) atoms. The molecule has 0 radical (unpaired) electrons. The third kappa shape index (κ3) is 2.17. The van der Waals surface area contributed by atoms with Crippen LogP contribution in [-0.4, -0.2) is 4.98 Å². The van der Waals surface area contributed by atoms with E-state index in [1.807, 2.05) is 31.2 Å². The molecule has 82 valence electrons. The van der Waals surface area contributed by atoms with E-state index in [2.05, 4.69) is 26.2 Å². The fourth-order valence-corrected chi connectivity index (χ4v) is 1.77. The fourth-order valence-electron chi connectivity index (χ4n) is 1.41. The number of anilines is 3. The molecule has 3 N–H and O–H groups in total. The molecule has 0 amide bonds. The Balaban J connectivity index is 2.35. The van der Waals surface area contributed by atoms with Gasteiger partial charge in [0.05, 0.1) is 17.6 Å². The van der Waals surface area contributed by atoms with Gasteiger partial charge in [-0.1, -0.05) is 22.0 Å². The number of nitrogens with one attached hydrogen (secondary N) is 1. The van der Waals surface area contributed by atoms with Crippen LogP contribution in [0.4, 0.5) is 17.1 Å². The van der Waals surface area contributed by atoms with E-state index in [0.717, 1.165) is 21.4 Å². The molecule has 0 aliphatic rings. The maximum atomic E-state index is 5.82. The van der Waals surface area contributed by atoms with Crippen LogP contribution in [0.25, 0.3) is 0 Å². The smallest absolute Gasteiger partial charge is 0.0739 e. The van der Waals surface area contributed by atoms with Gasteiger partial charge in [-0.3, -0.25) is 4.98 Å². The van der Waals surface area contributed by atoms with Crippen LogP contribution in [0, 0.1) is 6.92 Å². The molecule has 0 unspecified atom stereocenters. The van der Waals surface area contributed by atoms with Crippen molar-refractivity contribution < 1.29 is 0 Å². The molecule has 2 aromatic rings. The van der Waals surface area contributed by atoms with E-state index < -0.39 is 0 Å². The molecule has 1 aromatic carbocycles. The molecule has 2 rings (SSSR count). The van der Waals surface area contributed by atoms with Crippen LogP contribution < -0.4 is 11.1 Å². The summed E-state index contributed by atoms with van der Waals surface area (Å²) in [5.41, 5.74) is 9.52. The van der Waals surface area contributed by atoms with Gasteiger partial charge in [-0.25, -0.2) is 0 Å². The van der Waals surface area contributed by atoms with E-state index in [1.54, 1.807) is 12.4 Å². The number of nitrogens with two attached hydrogens (primary N) is 1. The van der Waals surface area contributed by atoms with Gasteiger partial charge in [0.25, 0.3) is 0 Å². The summed E-state index contributed by atoms with van der Waals surface area (Å²) in [6.07, 6.45) is 3.35. The predicted molar refractivity (Wildman–Crippen MR) is 70.8 cm³/mol. The summed E-state index contributed by atoms with van der Waals surface area (Å²) in [7, 11) is 0. The van der Waals surface area contributed by atoms with Crippen molar-refractivity contribution in [3.8, 4) is 0 Å². The minimum Gasteiger partial charge on any atom is -0.396 e. The maximum Gasteiger partial charge on any atom is 0.0739 e. The van der Waals surface area contributed by atoms with Gasteiger partial charge in [0.1, 0.15) is 0 Å².